The van der Waals surface area contributed by atoms with Gasteiger partial charge in [-0.2, -0.15) is 0 Å². The van der Waals surface area contributed by atoms with E-state index < -0.39 is 5.91 Å². The molecule has 0 fully saturated rings. The Hall–Kier alpha value is -1.81. The predicted molar refractivity (Wildman–Crippen MR) is 74.6 cm³/mol. The van der Waals surface area contributed by atoms with Crippen LogP contribution in [0.2, 0.25) is 0 Å². The van der Waals surface area contributed by atoms with Crippen LogP contribution in [0.5, 0.6) is 5.75 Å². The Morgan fingerprint density at radius 3 is 2.61 bits per heavy atom. The van der Waals surface area contributed by atoms with Gasteiger partial charge in [-0.05, 0) is 39.7 Å². The van der Waals surface area contributed by atoms with E-state index in [1.807, 2.05) is 24.3 Å². The second-order valence-corrected chi connectivity index (χ2v) is 4.62. The molecule has 0 aliphatic carbocycles. The number of carbonyl (C=O) groups is 1. The maximum Gasteiger partial charge on any atom is 0.248 e. The number of hydrogen-bond donors (Lipinski definition) is 1. The van der Waals surface area contributed by atoms with Crippen LogP contribution in [0, 0.1) is 0 Å². The molecule has 0 saturated heterocycles. The van der Waals surface area contributed by atoms with Gasteiger partial charge in [-0.3, -0.25) is 4.79 Å². The van der Waals surface area contributed by atoms with Crippen molar-refractivity contribution in [3.63, 3.8) is 0 Å². The molecule has 0 aliphatic rings. The van der Waals surface area contributed by atoms with Crippen molar-refractivity contribution in [2.45, 2.75) is 0 Å². The average Bonchev–Trinajstić information content (AvgIpc) is 2.38. The zero-order valence-electron chi connectivity index (χ0n) is 9.81. The van der Waals surface area contributed by atoms with Crippen molar-refractivity contribution >= 4 is 21.8 Å². The molecule has 0 bridgehead atoms. The van der Waals surface area contributed by atoms with E-state index in [4.69, 9.17) is 10.5 Å². The van der Waals surface area contributed by atoms with Gasteiger partial charge in [-0.1, -0.05) is 24.3 Å². The Kier molecular flexibility index (Phi) is 3.67. The van der Waals surface area contributed by atoms with Gasteiger partial charge >= 0.3 is 0 Å². The number of halogens is 1. The van der Waals surface area contributed by atoms with Gasteiger partial charge in [0.2, 0.25) is 5.91 Å². The summed E-state index contributed by atoms with van der Waals surface area (Å²) in [6.07, 6.45) is 0. The van der Waals surface area contributed by atoms with Crippen LogP contribution in [0.1, 0.15) is 10.4 Å². The molecular formula is C14H12BrNO2. The van der Waals surface area contributed by atoms with Gasteiger partial charge in [-0.25, -0.2) is 0 Å². The number of methoxy groups -OCH3 is 1. The summed E-state index contributed by atoms with van der Waals surface area (Å²) in [5, 5.41) is 0. The minimum atomic E-state index is -0.439. The molecular weight excluding hydrogens is 294 g/mol. The van der Waals surface area contributed by atoms with Crippen LogP contribution in [-0.2, 0) is 0 Å². The van der Waals surface area contributed by atoms with Crippen LogP contribution in [0.15, 0.2) is 46.9 Å². The molecule has 0 aromatic heterocycles. The summed E-state index contributed by atoms with van der Waals surface area (Å²) in [6, 6.07) is 12.9. The molecule has 2 rings (SSSR count). The first kappa shape index (κ1) is 12.6. The van der Waals surface area contributed by atoms with E-state index in [1.54, 1.807) is 25.3 Å². The van der Waals surface area contributed by atoms with Gasteiger partial charge in [-0.15, -0.1) is 0 Å². The van der Waals surface area contributed by atoms with Crippen molar-refractivity contribution in [1.29, 1.82) is 0 Å². The molecule has 1 amide bonds. The Bertz CT molecular complexity index is 596. The van der Waals surface area contributed by atoms with Gasteiger partial charge in [0.05, 0.1) is 11.6 Å². The van der Waals surface area contributed by atoms with E-state index in [9.17, 15) is 4.79 Å². The van der Waals surface area contributed by atoms with Crippen molar-refractivity contribution in [2.75, 3.05) is 7.11 Å². The molecule has 0 heterocycles. The summed E-state index contributed by atoms with van der Waals surface area (Å²) in [5.41, 5.74) is 7.57. The number of para-hydroxylation sites is 1. The van der Waals surface area contributed by atoms with E-state index in [0.29, 0.717) is 5.56 Å². The molecule has 0 saturated carbocycles. The highest BCUT2D eigenvalue weighted by Gasteiger charge is 2.10. The molecule has 2 aromatic carbocycles. The number of primary amides is 1. The van der Waals surface area contributed by atoms with Crippen molar-refractivity contribution < 1.29 is 9.53 Å². The summed E-state index contributed by atoms with van der Waals surface area (Å²) in [4.78, 5) is 11.2. The molecule has 0 unspecified atom stereocenters. The van der Waals surface area contributed by atoms with E-state index in [0.717, 1.165) is 21.3 Å². The predicted octanol–water partition coefficient (Wildman–Crippen LogP) is 3.22. The lowest BCUT2D eigenvalue weighted by molar-refractivity contribution is 0.100. The van der Waals surface area contributed by atoms with Crippen molar-refractivity contribution in [1.82, 2.24) is 0 Å². The average molecular weight is 306 g/mol. The lowest BCUT2D eigenvalue weighted by Gasteiger charge is -2.11. The molecule has 0 atom stereocenters. The molecule has 92 valence electrons. The number of benzene rings is 2. The van der Waals surface area contributed by atoms with Gasteiger partial charge < -0.3 is 10.5 Å². The van der Waals surface area contributed by atoms with E-state index in [-0.39, 0.29) is 0 Å². The quantitative estimate of drug-likeness (QED) is 0.946. The fourth-order valence-electron chi connectivity index (χ4n) is 1.78. The van der Waals surface area contributed by atoms with Crippen molar-refractivity contribution in [2.24, 2.45) is 5.73 Å². The molecule has 0 spiro atoms. The Morgan fingerprint density at radius 1 is 1.22 bits per heavy atom. The first-order valence-corrected chi connectivity index (χ1v) is 6.15. The first-order valence-electron chi connectivity index (χ1n) is 5.36. The monoisotopic (exact) mass is 305 g/mol. The number of ether oxygens (including phenoxy) is 1. The van der Waals surface area contributed by atoms with Crippen LogP contribution in [-0.4, -0.2) is 13.0 Å². The van der Waals surface area contributed by atoms with Gasteiger partial charge in [0.15, 0.2) is 0 Å². The van der Waals surface area contributed by atoms with E-state index in [2.05, 4.69) is 15.9 Å². The van der Waals surface area contributed by atoms with Crippen LogP contribution in [0.25, 0.3) is 11.1 Å². The van der Waals surface area contributed by atoms with E-state index >= 15 is 0 Å². The third-order valence-electron chi connectivity index (χ3n) is 2.63. The number of rotatable bonds is 3. The van der Waals surface area contributed by atoms with Gasteiger partial charge in [0, 0.05) is 11.1 Å². The first-order chi connectivity index (χ1) is 8.63. The van der Waals surface area contributed by atoms with Crippen LogP contribution in [0.3, 0.4) is 0 Å². The molecule has 2 N–H and O–H groups in total. The van der Waals surface area contributed by atoms with Crippen LogP contribution in [0.4, 0.5) is 0 Å². The van der Waals surface area contributed by atoms with Crippen LogP contribution >= 0.6 is 15.9 Å². The second kappa shape index (κ2) is 5.23. The fraction of sp³-hybridized carbons (Fsp3) is 0.0714. The van der Waals surface area contributed by atoms with Crippen molar-refractivity contribution in [3.8, 4) is 16.9 Å². The zero-order chi connectivity index (χ0) is 13.1. The maximum atomic E-state index is 11.2. The fourth-order valence-corrected chi connectivity index (χ4v) is 2.31. The molecule has 0 aliphatic heterocycles. The zero-order valence-corrected chi connectivity index (χ0v) is 11.4. The van der Waals surface area contributed by atoms with Gasteiger partial charge in [0.1, 0.15) is 5.75 Å². The number of amides is 1. The Morgan fingerprint density at radius 2 is 1.94 bits per heavy atom. The minimum absolute atomic E-state index is 0.439. The molecule has 0 radical (unpaired) electrons. The van der Waals surface area contributed by atoms with Gasteiger partial charge in [0.25, 0.3) is 0 Å². The Balaban J connectivity index is 2.58. The second-order valence-electron chi connectivity index (χ2n) is 3.77. The molecule has 2 aromatic rings. The summed E-state index contributed by atoms with van der Waals surface area (Å²) in [7, 11) is 1.61. The number of hydrogen-bond acceptors (Lipinski definition) is 2. The standard InChI is InChI=1S/C14H12BrNO2/c1-18-13-11(6-3-7-12(13)15)9-4-2-5-10(8-9)14(16)17/h2-8H,1H3,(H2,16,17). The SMILES string of the molecule is COc1c(Br)cccc1-c1cccc(C(N)=O)c1. The Labute approximate surface area is 114 Å². The topological polar surface area (TPSA) is 52.3 Å². The van der Waals surface area contributed by atoms with Crippen LogP contribution < -0.4 is 10.5 Å². The summed E-state index contributed by atoms with van der Waals surface area (Å²) < 4.78 is 6.24. The normalized spacial score (nSPS) is 10.1. The van der Waals surface area contributed by atoms with E-state index in [1.165, 1.54) is 0 Å². The lowest BCUT2D eigenvalue weighted by Crippen LogP contribution is -2.10. The minimum Gasteiger partial charge on any atom is -0.495 e. The third-order valence-corrected chi connectivity index (χ3v) is 3.25. The third kappa shape index (κ3) is 2.38. The highest BCUT2D eigenvalue weighted by atomic mass is 79.9. The molecule has 18 heavy (non-hydrogen) atoms. The number of nitrogens with two attached hydrogens (primary N) is 1. The smallest absolute Gasteiger partial charge is 0.248 e. The summed E-state index contributed by atoms with van der Waals surface area (Å²) >= 11 is 3.44. The highest BCUT2D eigenvalue weighted by molar-refractivity contribution is 9.10. The summed E-state index contributed by atoms with van der Waals surface area (Å²) in [6.45, 7) is 0. The molecule has 3 nitrogen and oxygen atoms in total. The summed E-state index contributed by atoms with van der Waals surface area (Å²) in [5.74, 6) is 0.296. The maximum absolute atomic E-state index is 11.2. The van der Waals surface area contributed by atoms with Crippen molar-refractivity contribution in [3.05, 3.63) is 52.5 Å². The number of carbonyl (C=O) groups excluding carboxylic acids is 1. The largest absolute Gasteiger partial charge is 0.495 e. The lowest BCUT2D eigenvalue weighted by atomic mass is 10.0. The highest BCUT2D eigenvalue weighted by Crippen LogP contribution is 2.36. The molecule has 4 heteroatoms.